The summed E-state index contributed by atoms with van der Waals surface area (Å²) in [6.45, 7) is 0. The average molecular weight is 400 g/mol. The van der Waals surface area contributed by atoms with Crippen LogP contribution in [0.2, 0.25) is 0 Å². The van der Waals surface area contributed by atoms with Crippen LogP contribution >= 0.6 is 0 Å². The van der Waals surface area contributed by atoms with Crippen LogP contribution in [-0.4, -0.2) is 46.1 Å². The second-order valence-electron chi connectivity index (χ2n) is 2.82. The van der Waals surface area contributed by atoms with Crippen molar-refractivity contribution in [1.29, 1.82) is 0 Å². The van der Waals surface area contributed by atoms with E-state index in [9.17, 15) is 29.7 Å². The van der Waals surface area contributed by atoms with Gasteiger partial charge in [0.05, 0.1) is 5.97 Å². The molecule has 0 fully saturated rings. The van der Waals surface area contributed by atoms with Crippen LogP contribution in [0.25, 0.3) is 0 Å². The number of aliphatic carboxylic acids is 3. The Morgan fingerprint density at radius 1 is 0.783 bits per heavy atom. The monoisotopic (exact) mass is 400 g/mol. The Morgan fingerprint density at radius 2 is 0.957 bits per heavy atom. The fourth-order valence-electron chi connectivity index (χ4n) is 0.684. The molecule has 0 aliphatic heterocycles. The number of carbonyl (C=O) groups excluding carboxylic acids is 3. The van der Waals surface area contributed by atoms with Gasteiger partial charge in [0.2, 0.25) is 0 Å². The van der Waals surface area contributed by atoms with Crippen molar-refractivity contribution in [3.63, 3.8) is 0 Å². The van der Waals surface area contributed by atoms with Crippen LogP contribution in [0.3, 0.4) is 0 Å². The van der Waals surface area contributed by atoms with Gasteiger partial charge >= 0.3 is 148 Å². The largest absolute Gasteiger partial charge is 1.00 e. The number of aliphatic hydroxyl groups is 1. The summed E-state index contributed by atoms with van der Waals surface area (Å²) in [5, 5.41) is 38.9. The first-order valence-corrected chi connectivity index (χ1v) is 5.11. The molecule has 0 aromatic rings. The SMILES string of the molecule is O=C([O-])CC(O)(CC(=O)[O-])C(=O)[O-].O=S(=O)([O-])[O-].[Na+].[Na+].[Na+].[Na+].[Na+]. The Balaban J connectivity index is -0.0000000455. The maximum Gasteiger partial charge on any atom is 1.00 e. The van der Waals surface area contributed by atoms with E-state index >= 15 is 0 Å². The van der Waals surface area contributed by atoms with E-state index in [0.717, 1.165) is 0 Å². The van der Waals surface area contributed by atoms with E-state index in [-0.39, 0.29) is 148 Å². The molecular weight excluding hydrogens is 395 g/mol. The van der Waals surface area contributed by atoms with Crippen LogP contribution in [0.1, 0.15) is 12.8 Å². The Labute approximate surface area is 242 Å². The third kappa shape index (κ3) is 36.8. The van der Waals surface area contributed by atoms with Gasteiger partial charge in [-0.1, -0.05) is 0 Å². The molecule has 0 aromatic carbocycles. The van der Waals surface area contributed by atoms with Crippen LogP contribution < -0.4 is 163 Å². The van der Waals surface area contributed by atoms with Crippen molar-refractivity contribution in [1.82, 2.24) is 0 Å². The summed E-state index contributed by atoms with van der Waals surface area (Å²) in [6.07, 6.45) is -2.72. The molecule has 17 heteroatoms. The van der Waals surface area contributed by atoms with Gasteiger partial charge in [-0.25, -0.2) is 0 Å². The summed E-state index contributed by atoms with van der Waals surface area (Å²) < 4.78 is 34.1. The van der Waals surface area contributed by atoms with E-state index in [1.165, 1.54) is 0 Å². The molecule has 0 aliphatic rings. The second kappa shape index (κ2) is 21.5. The van der Waals surface area contributed by atoms with E-state index in [1.54, 1.807) is 0 Å². The van der Waals surface area contributed by atoms with Crippen LogP contribution in [0.4, 0.5) is 0 Å². The van der Waals surface area contributed by atoms with Crippen molar-refractivity contribution in [3.05, 3.63) is 0 Å². The van der Waals surface area contributed by atoms with E-state index < -0.39 is 46.7 Å². The Morgan fingerprint density at radius 3 is 1.04 bits per heavy atom. The minimum absolute atomic E-state index is 0. The zero-order valence-corrected chi connectivity index (χ0v) is 24.2. The number of hydrogen-bond donors (Lipinski definition) is 1. The Bertz CT molecular complexity index is 414. The van der Waals surface area contributed by atoms with Gasteiger partial charge in [0.15, 0.2) is 0 Å². The molecule has 0 aromatic heterocycles. The van der Waals surface area contributed by atoms with Crippen LogP contribution in [0.15, 0.2) is 0 Å². The summed E-state index contributed by atoms with van der Waals surface area (Å²) >= 11 is 0. The number of carboxylic acids is 3. The minimum atomic E-state index is -5.17. The van der Waals surface area contributed by atoms with Gasteiger partial charge in [0.25, 0.3) is 0 Å². The molecule has 0 unspecified atom stereocenters. The van der Waals surface area contributed by atoms with Crippen LogP contribution in [-0.2, 0) is 24.8 Å². The zero-order chi connectivity index (χ0) is 15.1. The third-order valence-corrected chi connectivity index (χ3v) is 1.25. The summed E-state index contributed by atoms with van der Waals surface area (Å²) in [7, 11) is -5.17. The van der Waals surface area contributed by atoms with E-state index in [2.05, 4.69) is 0 Å². The summed E-state index contributed by atoms with van der Waals surface area (Å²) in [5.41, 5.74) is -2.97. The fraction of sp³-hybridized carbons (Fsp3) is 0.500. The van der Waals surface area contributed by atoms with Crippen LogP contribution in [0, 0.1) is 0 Å². The molecule has 0 amide bonds. The second-order valence-corrected chi connectivity index (χ2v) is 3.64. The summed E-state index contributed by atoms with van der Waals surface area (Å²) in [6, 6.07) is 0. The van der Waals surface area contributed by atoms with Gasteiger partial charge in [-0.05, 0) is 0 Å². The molecule has 0 saturated carbocycles. The molecule has 106 valence electrons. The third-order valence-electron chi connectivity index (χ3n) is 1.25. The van der Waals surface area contributed by atoms with Gasteiger partial charge < -0.3 is 43.9 Å². The zero-order valence-electron chi connectivity index (χ0n) is 13.4. The Hall–Kier alpha value is 3.24. The smallest absolute Gasteiger partial charge is 0.759 e. The summed E-state index contributed by atoms with van der Waals surface area (Å²) in [5.74, 6) is -5.98. The molecule has 0 atom stereocenters. The van der Waals surface area contributed by atoms with Crippen molar-refractivity contribution < 1.29 is 200 Å². The summed E-state index contributed by atoms with van der Waals surface area (Å²) in [4.78, 5) is 30.0. The minimum Gasteiger partial charge on any atom is -0.759 e. The molecule has 0 spiro atoms. The van der Waals surface area contributed by atoms with Crippen LogP contribution in [0.5, 0.6) is 0 Å². The van der Waals surface area contributed by atoms with Gasteiger partial charge in [-0.15, -0.1) is 0 Å². The first kappa shape index (κ1) is 45.2. The van der Waals surface area contributed by atoms with Gasteiger partial charge in [-0.2, -0.15) is 0 Å². The molecule has 11 nitrogen and oxygen atoms in total. The van der Waals surface area contributed by atoms with Gasteiger partial charge in [-0.3, -0.25) is 8.42 Å². The maximum atomic E-state index is 10.1. The molecular formula is C6H5Na5O11S. The van der Waals surface area contributed by atoms with Crippen molar-refractivity contribution in [2.75, 3.05) is 0 Å². The molecule has 0 rings (SSSR count). The fourth-order valence-corrected chi connectivity index (χ4v) is 0.684. The number of hydrogen-bond acceptors (Lipinski definition) is 11. The molecule has 0 saturated heterocycles. The molecule has 1 N–H and O–H groups in total. The van der Waals surface area contributed by atoms with Crippen molar-refractivity contribution in [2.24, 2.45) is 0 Å². The van der Waals surface area contributed by atoms with Crippen molar-refractivity contribution in [3.8, 4) is 0 Å². The number of carboxylic acid groups (broad SMARTS) is 3. The van der Waals surface area contributed by atoms with E-state index in [4.69, 9.17) is 22.6 Å². The number of carbonyl (C=O) groups is 3. The number of rotatable bonds is 5. The van der Waals surface area contributed by atoms with Gasteiger partial charge in [0, 0.05) is 35.2 Å². The quantitative estimate of drug-likeness (QED) is 0.259. The predicted octanol–water partition coefficient (Wildman–Crippen LogP) is -21.6. The molecule has 0 aliphatic carbocycles. The standard InChI is InChI=1S/C6H8O7.5Na.H2O4S/c7-3(8)1-6(13,5(11)12)2-4(9)10;;;;;;1-5(2,3)4/h13H,1-2H2,(H,7,8)(H,9,10)(H,11,12);;;;;;(H2,1,2,3,4)/q;5*+1;/p-5. The van der Waals surface area contributed by atoms with Crippen molar-refractivity contribution >= 4 is 28.3 Å². The first-order chi connectivity index (χ1) is 7.78. The predicted molar refractivity (Wildman–Crippen MR) is 39.7 cm³/mol. The maximum absolute atomic E-state index is 10.1. The topological polar surface area (TPSA) is 221 Å². The molecule has 0 radical (unpaired) electrons. The van der Waals surface area contributed by atoms with Crippen molar-refractivity contribution in [2.45, 2.75) is 18.4 Å². The molecule has 0 heterocycles. The molecule has 0 bridgehead atoms. The van der Waals surface area contributed by atoms with E-state index in [1.807, 2.05) is 0 Å². The Kier molecular flexibility index (Phi) is 42.3. The normalized spacial score (nSPS) is 8.65. The molecule has 23 heavy (non-hydrogen) atoms. The van der Waals surface area contributed by atoms with E-state index in [0.29, 0.717) is 0 Å². The first-order valence-electron chi connectivity index (χ1n) is 3.78. The van der Waals surface area contributed by atoms with Gasteiger partial charge in [0.1, 0.15) is 5.60 Å². The average Bonchev–Trinajstić information content (AvgIpc) is 1.95.